The molecule has 1 nitrogen and oxygen atoms in total. The van der Waals surface area contributed by atoms with E-state index in [0.29, 0.717) is 10.8 Å². The Morgan fingerprint density at radius 2 is 1.17 bits per heavy atom. The van der Waals surface area contributed by atoms with Crippen molar-refractivity contribution in [3.8, 4) is 0 Å². The van der Waals surface area contributed by atoms with Gasteiger partial charge < -0.3 is 0 Å². The third-order valence-corrected chi connectivity index (χ3v) is 2.49. The van der Waals surface area contributed by atoms with Crippen LogP contribution in [0.1, 0.15) is 41.5 Å². The van der Waals surface area contributed by atoms with Gasteiger partial charge in [0.1, 0.15) is 0 Å². The Morgan fingerprint density at radius 3 is 1.25 bits per heavy atom. The summed E-state index contributed by atoms with van der Waals surface area (Å²) >= 11 is 0. The number of nitrogens with zero attached hydrogens (tertiary/aromatic N) is 1. The number of rotatable bonds is 1. The molecule has 1 heteroatoms. The first-order valence-corrected chi connectivity index (χ1v) is 4.97. The molecule has 0 saturated carbocycles. The first-order chi connectivity index (χ1) is 5.23. The van der Waals surface area contributed by atoms with E-state index in [0.717, 1.165) is 6.04 Å². The van der Waals surface area contributed by atoms with Crippen molar-refractivity contribution in [2.24, 2.45) is 10.8 Å². The second kappa shape index (κ2) is 2.73. The molecule has 0 N–H and O–H groups in total. The number of hydrogen-bond donors (Lipinski definition) is 0. The Morgan fingerprint density at radius 1 is 0.833 bits per heavy atom. The molecule has 1 fully saturated rings. The number of hydrogen-bond acceptors (Lipinski definition) is 1. The van der Waals surface area contributed by atoms with Crippen LogP contribution < -0.4 is 0 Å². The normalized spacial score (nSPS) is 20.2. The molecule has 0 atom stereocenters. The Bertz CT molecular complexity index is 141. The van der Waals surface area contributed by atoms with Gasteiger partial charge in [-0.25, -0.2) is 0 Å². The lowest BCUT2D eigenvalue weighted by atomic mass is 9.72. The minimum Gasteiger partial charge on any atom is -0.297 e. The molecule has 1 aliphatic rings. The minimum atomic E-state index is 0.411. The summed E-state index contributed by atoms with van der Waals surface area (Å²) in [7, 11) is 0. The van der Waals surface area contributed by atoms with Crippen molar-refractivity contribution in [3.63, 3.8) is 0 Å². The standard InChI is InChI=1S/C11H23N/c1-10(2,3)9(11(4,5)6)12-7-8-12/h9H,7-8H2,1-6H3. The van der Waals surface area contributed by atoms with Gasteiger partial charge in [0, 0.05) is 19.1 Å². The fourth-order valence-corrected chi connectivity index (χ4v) is 2.71. The Balaban J connectivity index is 2.74. The molecular formula is C11H23N. The third kappa shape index (κ3) is 2.22. The molecule has 1 saturated heterocycles. The molecular weight excluding hydrogens is 146 g/mol. The molecule has 1 rings (SSSR count). The van der Waals surface area contributed by atoms with E-state index < -0.39 is 0 Å². The van der Waals surface area contributed by atoms with Crippen LogP contribution in [0.3, 0.4) is 0 Å². The summed E-state index contributed by atoms with van der Waals surface area (Å²) in [6, 6.07) is 0.727. The molecule has 0 bridgehead atoms. The molecule has 1 heterocycles. The van der Waals surface area contributed by atoms with Crippen LogP contribution in [0, 0.1) is 10.8 Å². The molecule has 0 aromatic rings. The Kier molecular flexibility index (Phi) is 2.28. The predicted octanol–water partition coefficient (Wildman–Crippen LogP) is 2.76. The summed E-state index contributed by atoms with van der Waals surface area (Å²) < 4.78 is 0. The highest BCUT2D eigenvalue weighted by molar-refractivity contribution is 4.96. The smallest absolute Gasteiger partial charge is 0.0193 e. The molecule has 0 aromatic carbocycles. The second-order valence-electron chi connectivity index (χ2n) is 6.17. The van der Waals surface area contributed by atoms with Crippen molar-refractivity contribution >= 4 is 0 Å². The maximum absolute atomic E-state index is 2.58. The molecule has 72 valence electrons. The van der Waals surface area contributed by atoms with Gasteiger partial charge in [-0.3, -0.25) is 4.90 Å². The minimum absolute atomic E-state index is 0.411. The quantitative estimate of drug-likeness (QED) is 0.545. The summed E-state index contributed by atoms with van der Waals surface area (Å²) in [6.07, 6.45) is 0. The maximum Gasteiger partial charge on any atom is 0.0193 e. The van der Waals surface area contributed by atoms with Gasteiger partial charge in [-0.2, -0.15) is 0 Å². The lowest BCUT2D eigenvalue weighted by molar-refractivity contribution is 0.0895. The molecule has 0 amide bonds. The zero-order valence-electron chi connectivity index (χ0n) is 9.44. The van der Waals surface area contributed by atoms with E-state index in [-0.39, 0.29) is 0 Å². The largest absolute Gasteiger partial charge is 0.297 e. The Labute approximate surface area is 77.1 Å². The molecule has 0 radical (unpaired) electrons. The van der Waals surface area contributed by atoms with Crippen LogP contribution in [0.25, 0.3) is 0 Å². The zero-order chi connectivity index (χ0) is 9.57. The summed E-state index contributed by atoms with van der Waals surface area (Å²) in [5.41, 5.74) is 0.823. The lowest BCUT2D eigenvalue weighted by Gasteiger charge is -2.41. The topological polar surface area (TPSA) is 3.01 Å². The van der Waals surface area contributed by atoms with Crippen molar-refractivity contribution in [3.05, 3.63) is 0 Å². The monoisotopic (exact) mass is 169 g/mol. The fourth-order valence-electron chi connectivity index (χ4n) is 2.71. The van der Waals surface area contributed by atoms with Gasteiger partial charge in [0.05, 0.1) is 0 Å². The van der Waals surface area contributed by atoms with E-state index in [2.05, 4.69) is 46.4 Å². The highest BCUT2D eigenvalue weighted by atomic mass is 15.3. The van der Waals surface area contributed by atoms with Crippen molar-refractivity contribution in [1.29, 1.82) is 0 Å². The third-order valence-electron chi connectivity index (χ3n) is 2.49. The summed E-state index contributed by atoms with van der Waals surface area (Å²) in [5.74, 6) is 0. The van der Waals surface area contributed by atoms with Crippen molar-refractivity contribution in [1.82, 2.24) is 4.90 Å². The van der Waals surface area contributed by atoms with Crippen molar-refractivity contribution < 1.29 is 0 Å². The first-order valence-electron chi connectivity index (χ1n) is 4.97. The van der Waals surface area contributed by atoms with Crippen molar-refractivity contribution in [2.45, 2.75) is 47.6 Å². The highest BCUT2D eigenvalue weighted by Crippen LogP contribution is 2.39. The maximum atomic E-state index is 2.58. The zero-order valence-corrected chi connectivity index (χ0v) is 9.44. The van der Waals surface area contributed by atoms with Crippen LogP contribution in [0.5, 0.6) is 0 Å². The Hall–Kier alpha value is -0.0400. The van der Waals surface area contributed by atoms with Crippen LogP contribution in [0.2, 0.25) is 0 Å². The van der Waals surface area contributed by atoms with Crippen LogP contribution in [-0.4, -0.2) is 24.0 Å². The lowest BCUT2D eigenvalue weighted by Crippen LogP contribution is -2.44. The summed E-state index contributed by atoms with van der Waals surface area (Å²) in [6.45, 7) is 16.7. The summed E-state index contributed by atoms with van der Waals surface area (Å²) in [5, 5.41) is 0. The van der Waals surface area contributed by atoms with Gasteiger partial charge >= 0.3 is 0 Å². The van der Waals surface area contributed by atoms with Crippen LogP contribution in [0.15, 0.2) is 0 Å². The molecule has 12 heavy (non-hydrogen) atoms. The highest BCUT2D eigenvalue weighted by Gasteiger charge is 2.43. The average molecular weight is 169 g/mol. The van der Waals surface area contributed by atoms with E-state index in [4.69, 9.17) is 0 Å². The van der Waals surface area contributed by atoms with Gasteiger partial charge in [0.2, 0.25) is 0 Å². The van der Waals surface area contributed by atoms with Crippen LogP contribution in [-0.2, 0) is 0 Å². The average Bonchev–Trinajstić information content (AvgIpc) is 2.38. The molecule has 0 aliphatic carbocycles. The van der Waals surface area contributed by atoms with Gasteiger partial charge in [0.15, 0.2) is 0 Å². The van der Waals surface area contributed by atoms with E-state index in [1.165, 1.54) is 13.1 Å². The van der Waals surface area contributed by atoms with Gasteiger partial charge in [-0.1, -0.05) is 41.5 Å². The summed E-state index contributed by atoms with van der Waals surface area (Å²) in [4.78, 5) is 2.58. The molecule has 0 unspecified atom stereocenters. The fraction of sp³-hybridized carbons (Fsp3) is 1.00. The van der Waals surface area contributed by atoms with Crippen LogP contribution >= 0.6 is 0 Å². The van der Waals surface area contributed by atoms with E-state index in [1.807, 2.05) is 0 Å². The second-order valence-corrected chi connectivity index (χ2v) is 6.17. The first kappa shape index (κ1) is 10.0. The van der Waals surface area contributed by atoms with Crippen LogP contribution in [0.4, 0.5) is 0 Å². The van der Waals surface area contributed by atoms with Gasteiger partial charge in [0.25, 0.3) is 0 Å². The van der Waals surface area contributed by atoms with E-state index in [9.17, 15) is 0 Å². The van der Waals surface area contributed by atoms with Gasteiger partial charge in [-0.05, 0) is 10.8 Å². The van der Waals surface area contributed by atoms with Crippen molar-refractivity contribution in [2.75, 3.05) is 13.1 Å². The predicted molar refractivity (Wildman–Crippen MR) is 54.3 cm³/mol. The van der Waals surface area contributed by atoms with E-state index in [1.54, 1.807) is 0 Å². The molecule has 0 spiro atoms. The molecule has 1 aliphatic heterocycles. The molecule has 0 aromatic heterocycles. The SMILES string of the molecule is CC(C)(C)C(N1CC1)C(C)(C)C. The van der Waals surface area contributed by atoms with Gasteiger partial charge in [-0.15, -0.1) is 0 Å². The van der Waals surface area contributed by atoms with E-state index >= 15 is 0 Å².